The standard InChI is InChI=1S/C24H24N8O2S/c1-14-10-20(31-30-14)27-24-21(16-4-5-16)22(17-12-26-32(2)13-17)28-23(29-24)19(11-25)15-6-8-18(9-7-15)35(3,33)34/h6-10,12-13,16,19H,4-5H2,1-3H3,(H2,27,28,29,30,31). The van der Waals surface area contributed by atoms with Crippen molar-refractivity contribution in [3.63, 3.8) is 0 Å². The quantitative estimate of drug-likeness (QED) is 0.402. The largest absolute Gasteiger partial charge is 0.323 e. The molecule has 35 heavy (non-hydrogen) atoms. The maximum Gasteiger partial charge on any atom is 0.175 e. The Bertz CT molecular complexity index is 1540. The summed E-state index contributed by atoms with van der Waals surface area (Å²) in [6.45, 7) is 1.92. The Hall–Kier alpha value is -4.04. The van der Waals surface area contributed by atoms with Gasteiger partial charge in [-0.3, -0.25) is 9.78 Å². The zero-order valence-electron chi connectivity index (χ0n) is 19.5. The molecule has 4 aromatic rings. The summed E-state index contributed by atoms with van der Waals surface area (Å²) in [6.07, 6.45) is 6.85. The molecule has 2 N–H and O–H groups in total. The van der Waals surface area contributed by atoms with Crippen molar-refractivity contribution in [1.29, 1.82) is 5.26 Å². The summed E-state index contributed by atoms with van der Waals surface area (Å²) in [5.41, 5.74) is 4.06. The molecule has 0 spiro atoms. The number of hydrogen-bond donors (Lipinski definition) is 2. The second-order valence-electron chi connectivity index (χ2n) is 8.83. The molecule has 0 bridgehead atoms. The van der Waals surface area contributed by atoms with E-state index in [-0.39, 0.29) is 4.90 Å². The lowest BCUT2D eigenvalue weighted by Crippen LogP contribution is -2.11. The van der Waals surface area contributed by atoms with E-state index < -0.39 is 15.8 Å². The summed E-state index contributed by atoms with van der Waals surface area (Å²) in [5.74, 6) is 1.05. The Labute approximate surface area is 203 Å². The van der Waals surface area contributed by atoms with Gasteiger partial charge in [-0.15, -0.1) is 0 Å². The highest BCUT2D eigenvalue weighted by Gasteiger charge is 2.33. The lowest BCUT2D eigenvalue weighted by Gasteiger charge is -2.17. The first-order chi connectivity index (χ1) is 16.7. The van der Waals surface area contributed by atoms with Gasteiger partial charge in [-0.1, -0.05) is 12.1 Å². The molecule has 1 aromatic carbocycles. The smallest absolute Gasteiger partial charge is 0.175 e. The highest BCUT2D eigenvalue weighted by molar-refractivity contribution is 7.90. The zero-order valence-corrected chi connectivity index (χ0v) is 20.3. The second kappa shape index (κ2) is 8.63. The zero-order chi connectivity index (χ0) is 24.7. The van der Waals surface area contributed by atoms with E-state index >= 15 is 0 Å². The molecule has 1 atom stereocenters. The van der Waals surface area contributed by atoms with Gasteiger partial charge in [0, 0.05) is 42.4 Å². The number of nitriles is 1. The fraction of sp³-hybridized carbons (Fsp3) is 0.292. The fourth-order valence-electron chi connectivity index (χ4n) is 4.03. The van der Waals surface area contributed by atoms with Crippen LogP contribution in [0.15, 0.2) is 47.6 Å². The number of anilines is 2. The molecule has 1 fully saturated rings. The molecule has 3 heterocycles. The van der Waals surface area contributed by atoms with Gasteiger partial charge in [0.25, 0.3) is 0 Å². The molecule has 0 aliphatic heterocycles. The maximum atomic E-state index is 11.9. The van der Waals surface area contributed by atoms with Crippen LogP contribution in [0.1, 0.15) is 47.3 Å². The molecule has 5 rings (SSSR count). The van der Waals surface area contributed by atoms with Gasteiger partial charge in [0.1, 0.15) is 11.7 Å². The van der Waals surface area contributed by atoms with Gasteiger partial charge in [0.15, 0.2) is 21.5 Å². The van der Waals surface area contributed by atoms with Crippen molar-refractivity contribution in [3.05, 3.63) is 65.4 Å². The monoisotopic (exact) mass is 488 g/mol. The van der Waals surface area contributed by atoms with Gasteiger partial charge in [-0.05, 0) is 43.4 Å². The minimum absolute atomic E-state index is 0.190. The van der Waals surface area contributed by atoms with Crippen LogP contribution in [-0.2, 0) is 16.9 Å². The van der Waals surface area contributed by atoms with Crippen LogP contribution < -0.4 is 5.32 Å². The number of aromatic amines is 1. The van der Waals surface area contributed by atoms with Crippen molar-refractivity contribution in [2.24, 2.45) is 7.05 Å². The molecular formula is C24H24N8O2S. The van der Waals surface area contributed by atoms with Crippen LogP contribution in [0.5, 0.6) is 0 Å². The van der Waals surface area contributed by atoms with E-state index in [1.54, 1.807) is 23.0 Å². The normalized spacial score (nSPS) is 14.5. The van der Waals surface area contributed by atoms with Crippen LogP contribution >= 0.6 is 0 Å². The van der Waals surface area contributed by atoms with Gasteiger partial charge in [0.05, 0.1) is 22.9 Å². The molecule has 0 amide bonds. The Morgan fingerprint density at radius 2 is 1.97 bits per heavy atom. The Balaban J connectivity index is 1.66. The molecule has 178 valence electrons. The summed E-state index contributed by atoms with van der Waals surface area (Å²) in [4.78, 5) is 9.87. The molecule has 3 aromatic heterocycles. The van der Waals surface area contributed by atoms with Crippen molar-refractivity contribution in [3.8, 4) is 17.3 Å². The van der Waals surface area contributed by atoms with Crippen LogP contribution in [0, 0.1) is 18.3 Å². The predicted molar refractivity (Wildman–Crippen MR) is 130 cm³/mol. The molecule has 1 aliphatic carbocycles. The first-order valence-corrected chi connectivity index (χ1v) is 13.0. The van der Waals surface area contributed by atoms with Crippen molar-refractivity contribution >= 4 is 21.5 Å². The van der Waals surface area contributed by atoms with Crippen LogP contribution in [0.25, 0.3) is 11.3 Å². The minimum Gasteiger partial charge on any atom is -0.323 e. The van der Waals surface area contributed by atoms with Gasteiger partial charge in [-0.2, -0.15) is 15.5 Å². The number of benzene rings is 1. The number of rotatable bonds is 7. The third kappa shape index (κ3) is 4.65. The Kier molecular flexibility index (Phi) is 5.61. The summed E-state index contributed by atoms with van der Waals surface area (Å²) in [5, 5.41) is 24.9. The van der Waals surface area contributed by atoms with Crippen LogP contribution in [-0.4, -0.2) is 44.6 Å². The number of nitrogens with zero attached hydrogens (tertiary/aromatic N) is 6. The number of hydrogen-bond acceptors (Lipinski definition) is 8. The van der Waals surface area contributed by atoms with Gasteiger partial charge in [-0.25, -0.2) is 18.4 Å². The maximum absolute atomic E-state index is 11.9. The molecule has 0 saturated heterocycles. The molecule has 0 radical (unpaired) electrons. The number of aromatic nitrogens is 6. The van der Waals surface area contributed by atoms with E-state index in [0.717, 1.165) is 41.6 Å². The molecule has 1 unspecified atom stereocenters. The van der Waals surface area contributed by atoms with Crippen LogP contribution in [0.2, 0.25) is 0 Å². The number of aryl methyl sites for hydroxylation is 2. The van der Waals surface area contributed by atoms with E-state index in [1.165, 1.54) is 12.1 Å². The SMILES string of the molecule is Cc1cc(Nc2nc(C(C#N)c3ccc(S(C)(=O)=O)cc3)nc(-c3cnn(C)c3)c2C2CC2)n[nH]1. The van der Waals surface area contributed by atoms with E-state index in [0.29, 0.717) is 28.9 Å². The lowest BCUT2D eigenvalue weighted by atomic mass is 9.98. The van der Waals surface area contributed by atoms with Crippen molar-refractivity contribution < 1.29 is 8.42 Å². The topological polar surface area (TPSA) is 142 Å². The average Bonchev–Trinajstić information content (AvgIpc) is 3.43. The van der Waals surface area contributed by atoms with E-state index in [9.17, 15) is 13.7 Å². The van der Waals surface area contributed by atoms with Gasteiger partial charge in [0.2, 0.25) is 0 Å². The lowest BCUT2D eigenvalue weighted by molar-refractivity contribution is 0.602. The van der Waals surface area contributed by atoms with Gasteiger partial charge >= 0.3 is 0 Å². The van der Waals surface area contributed by atoms with Crippen LogP contribution in [0.4, 0.5) is 11.6 Å². The van der Waals surface area contributed by atoms with E-state index in [4.69, 9.17) is 9.97 Å². The average molecular weight is 489 g/mol. The highest BCUT2D eigenvalue weighted by Crippen LogP contribution is 2.47. The summed E-state index contributed by atoms with van der Waals surface area (Å²) >= 11 is 0. The third-order valence-electron chi connectivity index (χ3n) is 5.91. The minimum atomic E-state index is -3.35. The van der Waals surface area contributed by atoms with Crippen molar-refractivity contribution in [2.75, 3.05) is 11.6 Å². The number of H-pyrrole nitrogens is 1. The first kappa shape index (κ1) is 22.7. The van der Waals surface area contributed by atoms with E-state index in [2.05, 4.69) is 26.7 Å². The molecule has 10 nitrogen and oxygen atoms in total. The third-order valence-corrected chi connectivity index (χ3v) is 7.04. The molecular weight excluding hydrogens is 464 g/mol. The Morgan fingerprint density at radius 3 is 2.51 bits per heavy atom. The molecule has 1 saturated carbocycles. The molecule has 1 aliphatic rings. The fourth-order valence-corrected chi connectivity index (χ4v) is 4.66. The van der Waals surface area contributed by atoms with Crippen LogP contribution in [0.3, 0.4) is 0 Å². The molecule has 11 heteroatoms. The van der Waals surface area contributed by atoms with E-state index in [1.807, 2.05) is 26.2 Å². The van der Waals surface area contributed by atoms with Crippen molar-refractivity contribution in [1.82, 2.24) is 29.9 Å². The summed E-state index contributed by atoms with van der Waals surface area (Å²) in [6, 6.07) is 10.4. The number of sulfone groups is 1. The summed E-state index contributed by atoms with van der Waals surface area (Å²) < 4.78 is 25.5. The van der Waals surface area contributed by atoms with Crippen molar-refractivity contribution in [2.45, 2.75) is 36.5 Å². The Morgan fingerprint density at radius 1 is 1.23 bits per heavy atom. The predicted octanol–water partition coefficient (Wildman–Crippen LogP) is 3.59. The second-order valence-corrected chi connectivity index (χ2v) is 10.8. The first-order valence-electron chi connectivity index (χ1n) is 11.1. The summed E-state index contributed by atoms with van der Waals surface area (Å²) in [7, 11) is -1.51. The van der Waals surface area contributed by atoms with Gasteiger partial charge < -0.3 is 5.32 Å². The number of nitrogens with one attached hydrogen (secondary N) is 2. The highest BCUT2D eigenvalue weighted by atomic mass is 32.2.